The molecule has 4 rings (SSSR count). The van der Waals surface area contributed by atoms with Crippen molar-refractivity contribution in [1.82, 2.24) is 4.90 Å². The summed E-state index contributed by atoms with van der Waals surface area (Å²) >= 11 is 0. The molecule has 1 amide bonds. The average molecular weight is 407 g/mol. The number of hydrogen-bond acceptors (Lipinski definition) is 6. The number of furan rings is 2. The van der Waals surface area contributed by atoms with E-state index in [1.165, 1.54) is 17.2 Å². The lowest BCUT2D eigenvalue weighted by atomic mass is 9.94. The third kappa shape index (κ3) is 3.39. The summed E-state index contributed by atoms with van der Waals surface area (Å²) in [6.07, 6.45) is 1.50. The number of aryl methyl sites for hydroxylation is 1. The highest BCUT2D eigenvalue weighted by atomic mass is 16.5. The standard InChI is InChI=1S/C23H21NO6/c1-3-28-17-9-5-4-8-16(17)20-19(21(25)18-11-10-14(2)30-18)22(26)23(27)24(20)13-15-7-6-12-29-15/h4-12,20,26H,3,13H2,1-2H3. The summed E-state index contributed by atoms with van der Waals surface area (Å²) < 4.78 is 16.6. The third-order valence-electron chi connectivity index (χ3n) is 4.93. The Hall–Kier alpha value is -3.74. The highest BCUT2D eigenvalue weighted by molar-refractivity contribution is 6.15. The van der Waals surface area contributed by atoms with E-state index in [4.69, 9.17) is 13.6 Å². The molecule has 3 heterocycles. The van der Waals surface area contributed by atoms with E-state index in [0.29, 0.717) is 29.4 Å². The molecular formula is C23H21NO6. The first-order valence-electron chi connectivity index (χ1n) is 9.60. The Labute approximate surface area is 173 Å². The van der Waals surface area contributed by atoms with Crippen molar-refractivity contribution >= 4 is 11.7 Å². The number of ketones is 1. The Morgan fingerprint density at radius 2 is 1.97 bits per heavy atom. The van der Waals surface area contributed by atoms with Crippen LogP contribution in [0.1, 0.15) is 40.6 Å². The van der Waals surface area contributed by atoms with Crippen LogP contribution in [0.2, 0.25) is 0 Å². The first-order valence-corrected chi connectivity index (χ1v) is 9.60. The molecule has 3 aromatic rings. The Morgan fingerprint density at radius 1 is 1.17 bits per heavy atom. The fourth-order valence-electron chi connectivity index (χ4n) is 3.63. The quantitative estimate of drug-likeness (QED) is 0.585. The number of aliphatic hydroxyl groups is 1. The SMILES string of the molecule is CCOc1ccccc1C1C(C(=O)c2ccc(C)o2)=C(O)C(=O)N1Cc1ccco1. The van der Waals surface area contributed by atoms with E-state index in [-0.39, 0.29) is 17.9 Å². The number of carbonyl (C=O) groups excluding carboxylic acids is 2. The Morgan fingerprint density at radius 3 is 2.63 bits per heavy atom. The van der Waals surface area contributed by atoms with Crippen molar-refractivity contribution in [3.8, 4) is 5.75 Å². The van der Waals surface area contributed by atoms with Gasteiger partial charge in [-0.05, 0) is 44.2 Å². The third-order valence-corrected chi connectivity index (χ3v) is 4.93. The summed E-state index contributed by atoms with van der Waals surface area (Å²) in [5.41, 5.74) is 0.544. The van der Waals surface area contributed by atoms with E-state index in [9.17, 15) is 14.7 Å². The van der Waals surface area contributed by atoms with Gasteiger partial charge < -0.3 is 23.6 Å². The van der Waals surface area contributed by atoms with Gasteiger partial charge in [0.2, 0.25) is 5.78 Å². The number of para-hydroxylation sites is 1. The highest BCUT2D eigenvalue weighted by Crippen LogP contribution is 2.43. The molecule has 1 aromatic carbocycles. The number of amides is 1. The van der Waals surface area contributed by atoms with Crippen LogP contribution in [-0.4, -0.2) is 28.3 Å². The van der Waals surface area contributed by atoms with Gasteiger partial charge in [0.05, 0.1) is 31.0 Å². The maximum absolute atomic E-state index is 13.3. The molecule has 1 aliphatic rings. The van der Waals surface area contributed by atoms with Crippen LogP contribution >= 0.6 is 0 Å². The molecule has 0 fully saturated rings. The molecule has 0 radical (unpaired) electrons. The fourth-order valence-corrected chi connectivity index (χ4v) is 3.63. The van der Waals surface area contributed by atoms with Crippen LogP contribution in [0.15, 0.2) is 75.0 Å². The Bertz CT molecular complexity index is 1110. The van der Waals surface area contributed by atoms with E-state index in [1.54, 1.807) is 43.3 Å². The predicted octanol–water partition coefficient (Wildman–Crippen LogP) is 4.36. The van der Waals surface area contributed by atoms with Crippen LogP contribution in [0.5, 0.6) is 5.75 Å². The molecule has 2 aromatic heterocycles. The molecule has 7 nitrogen and oxygen atoms in total. The molecule has 0 spiro atoms. The van der Waals surface area contributed by atoms with Crippen molar-refractivity contribution in [2.75, 3.05) is 6.61 Å². The molecule has 7 heteroatoms. The monoisotopic (exact) mass is 407 g/mol. The average Bonchev–Trinajstić information content (AvgIpc) is 3.46. The van der Waals surface area contributed by atoms with E-state index in [2.05, 4.69) is 0 Å². The molecule has 1 aliphatic heterocycles. The zero-order valence-electron chi connectivity index (χ0n) is 16.6. The van der Waals surface area contributed by atoms with Crippen molar-refractivity contribution in [2.45, 2.75) is 26.4 Å². The van der Waals surface area contributed by atoms with Gasteiger partial charge in [-0.2, -0.15) is 0 Å². The lowest BCUT2D eigenvalue weighted by Crippen LogP contribution is -2.30. The summed E-state index contributed by atoms with van der Waals surface area (Å²) in [5, 5.41) is 10.7. The minimum atomic E-state index is -0.858. The van der Waals surface area contributed by atoms with Gasteiger partial charge >= 0.3 is 0 Å². The minimum absolute atomic E-state index is 0.0481. The summed E-state index contributed by atoms with van der Waals surface area (Å²) in [6.45, 7) is 4.05. The minimum Gasteiger partial charge on any atom is -0.503 e. The van der Waals surface area contributed by atoms with E-state index in [0.717, 1.165) is 0 Å². The highest BCUT2D eigenvalue weighted by Gasteiger charge is 2.45. The molecule has 30 heavy (non-hydrogen) atoms. The predicted molar refractivity (Wildman–Crippen MR) is 107 cm³/mol. The number of hydrogen-bond donors (Lipinski definition) is 1. The number of benzene rings is 1. The van der Waals surface area contributed by atoms with Gasteiger partial charge in [-0.15, -0.1) is 0 Å². The molecule has 0 bridgehead atoms. The summed E-state index contributed by atoms with van der Waals surface area (Å²) in [4.78, 5) is 27.6. The van der Waals surface area contributed by atoms with E-state index in [1.807, 2.05) is 13.0 Å². The molecule has 1 N–H and O–H groups in total. The van der Waals surface area contributed by atoms with Crippen molar-refractivity contribution < 1.29 is 28.3 Å². The zero-order valence-corrected chi connectivity index (χ0v) is 16.6. The topological polar surface area (TPSA) is 93.1 Å². The number of carbonyl (C=O) groups is 2. The molecule has 1 unspecified atom stereocenters. The first kappa shape index (κ1) is 19.6. The van der Waals surface area contributed by atoms with Gasteiger partial charge in [0.25, 0.3) is 5.91 Å². The molecule has 1 atom stereocenters. The van der Waals surface area contributed by atoms with Crippen LogP contribution < -0.4 is 4.74 Å². The number of ether oxygens (including phenoxy) is 1. The first-order chi connectivity index (χ1) is 14.5. The van der Waals surface area contributed by atoms with Crippen LogP contribution in [-0.2, 0) is 11.3 Å². The normalized spacial score (nSPS) is 16.4. The molecular weight excluding hydrogens is 386 g/mol. The second-order valence-corrected chi connectivity index (χ2v) is 6.89. The van der Waals surface area contributed by atoms with Crippen molar-refractivity contribution in [3.05, 3.63) is 89.0 Å². The molecule has 0 saturated heterocycles. The number of Topliss-reactive ketones (excluding diaryl/α,β-unsaturated/α-hetero) is 1. The van der Waals surface area contributed by atoms with Gasteiger partial charge in [0, 0.05) is 5.56 Å². The van der Waals surface area contributed by atoms with E-state index < -0.39 is 23.5 Å². The summed E-state index contributed by atoms with van der Waals surface area (Å²) in [5.74, 6) is -0.143. The smallest absolute Gasteiger partial charge is 0.290 e. The Balaban J connectivity index is 1.84. The van der Waals surface area contributed by atoms with Gasteiger partial charge in [0.15, 0.2) is 11.5 Å². The number of aliphatic hydroxyl groups excluding tert-OH is 1. The maximum atomic E-state index is 13.3. The van der Waals surface area contributed by atoms with Crippen molar-refractivity contribution in [1.29, 1.82) is 0 Å². The Kier molecular flexibility index (Phi) is 5.18. The van der Waals surface area contributed by atoms with Gasteiger partial charge in [-0.25, -0.2) is 0 Å². The molecule has 154 valence electrons. The van der Waals surface area contributed by atoms with Crippen molar-refractivity contribution in [3.63, 3.8) is 0 Å². The summed E-state index contributed by atoms with van der Waals surface area (Å²) in [6, 6.07) is 12.9. The van der Waals surface area contributed by atoms with Crippen LogP contribution in [0.3, 0.4) is 0 Å². The molecule has 0 aliphatic carbocycles. The number of nitrogens with zero attached hydrogens (tertiary/aromatic N) is 1. The van der Waals surface area contributed by atoms with E-state index >= 15 is 0 Å². The second kappa shape index (κ2) is 7.94. The van der Waals surface area contributed by atoms with Crippen molar-refractivity contribution in [2.24, 2.45) is 0 Å². The van der Waals surface area contributed by atoms with Crippen LogP contribution in [0.25, 0.3) is 0 Å². The van der Waals surface area contributed by atoms with Crippen LogP contribution in [0, 0.1) is 6.92 Å². The van der Waals surface area contributed by atoms with Gasteiger partial charge in [0.1, 0.15) is 17.3 Å². The second-order valence-electron chi connectivity index (χ2n) is 6.89. The lowest BCUT2D eigenvalue weighted by molar-refractivity contribution is -0.130. The fraction of sp³-hybridized carbons (Fsp3) is 0.217. The largest absolute Gasteiger partial charge is 0.503 e. The maximum Gasteiger partial charge on any atom is 0.290 e. The van der Waals surface area contributed by atoms with Crippen LogP contribution in [0.4, 0.5) is 0 Å². The summed E-state index contributed by atoms with van der Waals surface area (Å²) in [7, 11) is 0. The zero-order chi connectivity index (χ0) is 21.3. The van der Waals surface area contributed by atoms with Gasteiger partial charge in [-0.1, -0.05) is 18.2 Å². The lowest BCUT2D eigenvalue weighted by Gasteiger charge is -2.27. The van der Waals surface area contributed by atoms with Gasteiger partial charge in [-0.3, -0.25) is 9.59 Å². The molecule has 0 saturated carbocycles. The number of rotatable bonds is 7.